The number of hydrogen-bond donors (Lipinski definition) is 4. The molecule has 2 aliphatic heterocycles. The van der Waals surface area contributed by atoms with Crippen molar-refractivity contribution in [2.24, 2.45) is 0 Å². The first kappa shape index (κ1) is 26.1. The Bertz CT molecular complexity index is 1570. The molecule has 208 valence electrons. The third-order valence-electron chi connectivity index (χ3n) is 7.08. The van der Waals surface area contributed by atoms with E-state index in [4.69, 9.17) is 4.74 Å². The largest absolute Gasteiger partial charge is 0.394 e. The fourth-order valence-corrected chi connectivity index (χ4v) is 5.04. The number of benzene rings is 2. The molecule has 0 radical (unpaired) electrons. The van der Waals surface area contributed by atoms with Gasteiger partial charge in [-0.25, -0.2) is 17.9 Å². The van der Waals surface area contributed by atoms with Crippen LogP contribution in [0, 0.1) is 17.5 Å². The van der Waals surface area contributed by atoms with E-state index < -0.39 is 54.5 Å². The molecular formula is C25H22F3N7O5. The third kappa shape index (κ3) is 4.42. The lowest BCUT2D eigenvalue weighted by Gasteiger charge is -2.41. The molecule has 0 unspecified atom stereocenters. The minimum Gasteiger partial charge on any atom is -0.394 e. The summed E-state index contributed by atoms with van der Waals surface area (Å²) in [5.74, 6) is -4.38. The van der Waals surface area contributed by atoms with Crippen molar-refractivity contribution in [3.8, 4) is 16.9 Å². The van der Waals surface area contributed by atoms with Crippen LogP contribution in [0.3, 0.4) is 0 Å². The first-order chi connectivity index (χ1) is 19.2. The van der Waals surface area contributed by atoms with Gasteiger partial charge in [0.05, 0.1) is 12.8 Å². The molecule has 12 nitrogen and oxygen atoms in total. The zero-order valence-corrected chi connectivity index (χ0v) is 20.5. The molecule has 2 aromatic carbocycles. The zero-order valence-electron chi connectivity index (χ0n) is 20.5. The number of nitrogens with zero attached hydrogens (tertiary/aromatic N) is 6. The van der Waals surface area contributed by atoms with Crippen molar-refractivity contribution in [2.45, 2.75) is 43.3 Å². The van der Waals surface area contributed by atoms with Crippen molar-refractivity contribution in [1.82, 2.24) is 29.8 Å². The average Bonchev–Trinajstić information content (AvgIpc) is 3.62. The predicted molar refractivity (Wildman–Crippen MR) is 129 cm³/mol. The second-order valence-corrected chi connectivity index (χ2v) is 9.54. The highest BCUT2D eigenvalue weighted by molar-refractivity contribution is 5.94. The molecule has 0 saturated carbocycles. The summed E-state index contributed by atoms with van der Waals surface area (Å²) in [5.41, 5.74) is 2.04. The van der Waals surface area contributed by atoms with Crippen molar-refractivity contribution in [2.75, 3.05) is 11.9 Å². The van der Waals surface area contributed by atoms with Gasteiger partial charge < -0.3 is 25.4 Å². The molecule has 1 amide bonds. The Morgan fingerprint density at radius 1 is 1.05 bits per heavy atom. The van der Waals surface area contributed by atoms with Crippen molar-refractivity contribution >= 4 is 11.6 Å². The van der Waals surface area contributed by atoms with E-state index in [-0.39, 0.29) is 23.0 Å². The summed E-state index contributed by atoms with van der Waals surface area (Å²) in [6.45, 7) is -0.622. The van der Waals surface area contributed by atoms with E-state index in [1.807, 2.05) is 6.07 Å². The van der Waals surface area contributed by atoms with E-state index in [0.29, 0.717) is 24.2 Å². The van der Waals surface area contributed by atoms with Crippen LogP contribution in [0.25, 0.3) is 16.9 Å². The molecule has 1 saturated heterocycles. The number of carbonyl (C=O) groups excluding carboxylic acids is 1. The number of amides is 1. The zero-order chi connectivity index (χ0) is 28.1. The molecular weight excluding hydrogens is 535 g/mol. The van der Waals surface area contributed by atoms with Gasteiger partial charge in [-0.05, 0) is 42.3 Å². The van der Waals surface area contributed by atoms with Crippen LogP contribution in [0.4, 0.5) is 18.9 Å². The van der Waals surface area contributed by atoms with Crippen molar-refractivity contribution in [3.63, 3.8) is 0 Å². The van der Waals surface area contributed by atoms with E-state index in [1.165, 1.54) is 12.5 Å². The molecule has 4 heterocycles. The number of halogens is 3. The van der Waals surface area contributed by atoms with Crippen molar-refractivity contribution in [1.29, 1.82) is 0 Å². The summed E-state index contributed by atoms with van der Waals surface area (Å²) in [6, 6.07) is 5.57. The third-order valence-corrected chi connectivity index (χ3v) is 7.08. The average molecular weight is 557 g/mol. The van der Waals surface area contributed by atoms with E-state index in [0.717, 1.165) is 22.4 Å². The summed E-state index contributed by atoms with van der Waals surface area (Å²) in [6.07, 6.45) is -1.87. The van der Waals surface area contributed by atoms with Gasteiger partial charge in [-0.3, -0.25) is 9.36 Å². The summed E-state index contributed by atoms with van der Waals surface area (Å²) < 4.78 is 49.5. The number of nitrogens with one attached hydrogen (secondary N) is 1. The van der Waals surface area contributed by atoms with Crippen molar-refractivity contribution in [3.05, 3.63) is 71.7 Å². The lowest BCUT2D eigenvalue weighted by Crippen LogP contribution is -2.53. The Balaban J connectivity index is 1.34. The minimum atomic E-state index is -1.63. The molecule has 2 aromatic heterocycles. The smallest absolute Gasteiger partial charge is 0.224 e. The van der Waals surface area contributed by atoms with Gasteiger partial charge in [0.2, 0.25) is 5.91 Å². The lowest BCUT2D eigenvalue weighted by molar-refractivity contribution is -0.210. The van der Waals surface area contributed by atoms with Crippen molar-refractivity contribution < 1.29 is 38.0 Å². The first-order valence-electron chi connectivity index (χ1n) is 12.3. The number of aliphatic hydroxyl groups excluding tert-OH is 3. The number of carbonyl (C=O) groups is 1. The number of rotatable bonds is 5. The Labute approximate surface area is 223 Å². The highest BCUT2D eigenvalue weighted by Crippen LogP contribution is 2.39. The number of ether oxygens (including phenoxy) is 1. The normalized spacial score (nSPS) is 24.6. The van der Waals surface area contributed by atoms with Gasteiger partial charge in [0.25, 0.3) is 0 Å². The maximum Gasteiger partial charge on any atom is 0.224 e. The molecule has 0 aliphatic carbocycles. The molecule has 5 atom stereocenters. The monoisotopic (exact) mass is 557 g/mol. The molecule has 0 bridgehead atoms. The van der Waals surface area contributed by atoms with Crippen LogP contribution >= 0.6 is 0 Å². The molecule has 15 heteroatoms. The number of aliphatic hydroxyl groups is 3. The van der Waals surface area contributed by atoms with E-state index in [2.05, 4.69) is 25.8 Å². The van der Waals surface area contributed by atoms with Crippen LogP contribution in [0.1, 0.15) is 30.0 Å². The van der Waals surface area contributed by atoms with Gasteiger partial charge in [0, 0.05) is 23.4 Å². The molecule has 2 aliphatic rings. The van der Waals surface area contributed by atoms with Gasteiger partial charge in [-0.15, -0.1) is 15.3 Å². The number of anilines is 1. The minimum absolute atomic E-state index is 0.0508. The standard InChI is InChI=1S/C25H22F3N7O5/c26-14-6-12(7-15(27)20(14)28)17-8-35(33-31-17)21-22(38)18(9-36)40-24(23(21)39)25-32-29-10-34(25)13-2-3-16-11(5-13)1-4-19(37)30-16/h2-3,5-8,10,18,21-24,36,38-39H,1,4,9H2,(H,30,37)/t18-,21+,22+,23-,24-/m1/s1. The van der Waals surface area contributed by atoms with Gasteiger partial charge in [-0.1, -0.05) is 5.21 Å². The number of aromatic nitrogens is 6. The van der Waals surface area contributed by atoms with E-state index in [9.17, 15) is 33.3 Å². The highest BCUT2D eigenvalue weighted by atomic mass is 19.2. The molecule has 4 N–H and O–H groups in total. The fraction of sp³-hybridized carbons (Fsp3) is 0.320. The summed E-state index contributed by atoms with van der Waals surface area (Å²) in [4.78, 5) is 11.7. The SMILES string of the molecule is O=C1CCc2cc(-n3cnnc3[C@@H]3O[C@H](CO)[C@H](O)[C@H](n4cc(-c5cc(F)c(F)c(F)c5)nn4)[C@H]3O)ccc2N1. The van der Waals surface area contributed by atoms with Crippen LogP contribution in [0.2, 0.25) is 0 Å². The second-order valence-electron chi connectivity index (χ2n) is 9.54. The van der Waals surface area contributed by atoms with Gasteiger partial charge in [0.1, 0.15) is 42.5 Å². The summed E-state index contributed by atoms with van der Waals surface area (Å²) in [7, 11) is 0. The molecule has 4 aromatic rings. The van der Waals surface area contributed by atoms with Gasteiger partial charge in [0.15, 0.2) is 23.3 Å². The maximum atomic E-state index is 13.8. The summed E-state index contributed by atoms with van der Waals surface area (Å²) >= 11 is 0. The quantitative estimate of drug-likeness (QED) is 0.265. The Morgan fingerprint density at radius 3 is 2.58 bits per heavy atom. The summed E-state index contributed by atoms with van der Waals surface area (Å²) in [5, 5.41) is 50.9. The van der Waals surface area contributed by atoms with Crippen LogP contribution in [0.5, 0.6) is 0 Å². The topological polar surface area (TPSA) is 160 Å². The van der Waals surface area contributed by atoms with Crippen LogP contribution in [-0.4, -0.2) is 75.9 Å². The molecule has 6 rings (SSSR count). The second kappa shape index (κ2) is 10.1. The maximum absolute atomic E-state index is 13.8. The van der Waals surface area contributed by atoms with E-state index in [1.54, 1.807) is 16.7 Å². The van der Waals surface area contributed by atoms with E-state index >= 15 is 0 Å². The molecule has 40 heavy (non-hydrogen) atoms. The first-order valence-corrected chi connectivity index (χ1v) is 12.3. The fourth-order valence-electron chi connectivity index (χ4n) is 5.04. The number of hydrogen-bond acceptors (Lipinski definition) is 9. The molecule has 1 fully saturated rings. The Morgan fingerprint density at radius 2 is 1.82 bits per heavy atom. The lowest BCUT2D eigenvalue weighted by atomic mass is 9.92. The highest BCUT2D eigenvalue weighted by Gasteiger charge is 2.48. The number of fused-ring (bicyclic) bond motifs is 1. The Kier molecular flexibility index (Phi) is 6.58. The molecule has 0 spiro atoms. The van der Waals surface area contributed by atoms with Crippen LogP contribution in [0.15, 0.2) is 42.9 Å². The predicted octanol–water partition coefficient (Wildman–Crippen LogP) is 1.22. The van der Waals surface area contributed by atoms with Crippen LogP contribution in [-0.2, 0) is 16.0 Å². The van der Waals surface area contributed by atoms with Gasteiger partial charge >= 0.3 is 0 Å². The Hall–Kier alpha value is -4.18. The number of aryl methyl sites for hydroxylation is 1. The van der Waals surface area contributed by atoms with Gasteiger partial charge in [-0.2, -0.15) is 0 Å². The van der Waals surface area contributed by atoms with Crippen LogP contribution < -0.4 is 5.32 Å².